The smallest absolute Gasteiger partial charge is 0.254 e. The average molecular weight is 279 g/mol. The Morgan fingerprint density at radius 3 is 2.65 bits per heavy atom. The predicted molar refractivity (Wildman–Crippen MR) is 73.7 cm³/mol. The number of likely N-dealkylation sites (N-methyl/N-ethyl adjacent to an activating group) is 1. The maximum absolute atomic E-state index is 11.7. The minimum absolute atomic E-state index is 0.0997. The van der Waals surface area contributed by atoms with Crippen LogP contribution < -0.4 is 5.32 Å². The summed E-state index contributed by atoms with van der Waals surface area (Å²) in [6.07, 6.45) is 0.316. The maximum Gasteiger partial charge on any atom is 0.254 e. The fraction of sp³-hybridized carbons (Fsp3) is 0.308. The topological polar surface area (TPSA) is 103 Å². The molecule has 0 aromatic heterocycles. The number of phenolic OH excluding ortho intramolecular Hbond substituents is 1. The Balaban J connectivity index is 2.33. The molecule has 0 atom stereocenters. The van der Waals surface area contributed by atoms with E-state index in [1.54, 1.807) is 19.1 Å². The number of nitrogens with zero attached hydrogens (tertiary/aromatic N) is 1. The van der Waals surface area contributed by atoms with Crippen molar-refractivity contribution in [1.29, 1.82) is 5.41 Å². The lowest BCUT2D eigenvalue weighted by Crippen LogP contribution is -2.39. The lowest BCUT2D eigenvalue weighted by atomic mass is 10.3. The second-order valence-corrected chi connectivity index (χ2v) is 3.86. The molecule has 0 saturated carbocycles. The molecule has 1 amide bonds. The highest BCUT2D eigenvalue weighted by molar-refractivity contribution is 6.29. The van der Waals surface area contributed by atoms with Crippen LogP contribution in [0.4, 0.5) is 5.69 Å². The number of nitrogens with one attached hydrogen (secondary N) is 2. The van der Waals surface area contributed by atoms with Gasteiger partial charge in [-0.1, -0.05) is 0 Å². The van der Waals surface area contributed by atoms with Crippen LogP contribution in [0.15, 0.2) is 24.3 Å². The van der Waals surface area contributed by atoms with Crippen LogP contribution in [0.2, 0.25) is 0 Å². The number of amides is 1. The number of hydrogen-bond acceptors (Lipinski definition) is 6. The SMILES string of the molecule is CCN(C(=N)C=O)C(=O)COCNc1ccc(O)cc1. The van der Waals surface area contributed by atoms with Crippen LogP contribution in [0.5, 0.6) is 5.75 Å². The molecule has 0 bridgehead atoms. The first-order chi connectivity index (χ1) is 9.58. The minimum Gasteiger partial charge on any atom is -0.508 e. The van der Waals surface area contributed by atoms with Crippen molar-refractivity contribution in [3.63, 3.8) is 0 Å². The normalized spacial score (nSPS) is 9.85. The number of carbonyl (C=O) groups is 2. The zero-order valence-electron chi connectivity index (χ0n) is 11.1. The summed E-state index contributed by atoms with van der Waals surface area (Å²) in [5.74, 6) is -0.665. The fourth-order valence-corrected chi connectivity index (χ4v) is 1.47. The third-order valence-corrected chi connectivity index (χ3v) is 2.49. The zero-order chi connectivity index (χ0) is 15.0. The second kappa shape index (κ2) is 7.90. The highest BCUT2D eigenvalue weighted by atomic mass is 16.5. The van der Waals surface area contributed by atoms with Gasteiger partial charge >= 0.3 is 0 Å². The molecule has 0 aliphatic heterocycles. The van der Waals surface area contributed by atoms with Gasteiger partial charge in [0.25, 0.3) is 5.91 Å². The van der Waals surface area contributed by atoms with E-state index in [4.69, 9.17) is 15.3 Å². The van der Waals surface area contributed by atoms with E-state index in [1.807, 2.05) is 0 Å². The molecule has 0 radical (unpaired) electrons. The molecule has 0 unspecified atom stereocenters. The highest BCUT2D eigenvalue weighted by Crippen LogP contribution is 2.13. The maximum atomic E-state index is 11.7. The van der Waals surface area contributed by atoms with Gasteiger partial charge in [0.05, 0.1) is 0 Å². The van der Waals surface area contributed by atoms with E-state index in [0.29, 0.717) is 6.29 Å². The Kier molecular flexibility index (Phi) is 6.18. The number of aldehydes is 1. The Morgan fingerprint density at radius 2 is 2.10 bits per heavy atom. The van der Waals surface area contributed by atoms with Gasteiger partial charge in [0.1, 0.15) is 19.1 Å². The van der Waals surface area contributed by atoms with E-state index in [2.05, 4.69) is 5.32 Å². The first kappa shape index (κ1) is 15.6. The summed E-state index contributed by atoms with van der Waals surface area (Å²) in [5.41, 5.74) is 0.739. The zero-order valence-corrected chi connectivity index (χ0v) is 11.1. The van der Waals surface area contributed by atoms with Crippen molar-refractivity contribution in [1.82, 2.24) is 4.90 Å². The molecule has 20 heavy (non-hydrogen) atoms. The Bertz CT molecular complexity index is 473. The van der Waals surface area contributed by atoms with E-state index >= 15 is 0 Å². The minimum atomic E-state index is -0.447. The van der Waals surface area contributed by atoms with E-state index in [9.17, 15) is 9.59 Å². The summed E-state index contributed by atoms with van der Waals surface area (Å²) in [4.78, 5) is 23.2. The summed E-state index contributed by atoms with van der Waals surface area (Å²) in [5, 5.41) is 19.3. The van der Waals surface area contributed by atoms with Crippen molar-refractivity contribution in [3.8, 4) is 5.75 Å². The average Bonchev–Trinajstić information content (AvgIpc) is 2.46. The number of hydrogen-bond donors (Lipinski definition) is 3. The van der Waals surface area contributed by atoms with Crippen LogP contribution in [0.3, 0.4) is 0 Å². The molecular formula is C13H17N3O4. The number of anilines is 1. The van der Waals surface area contributed by atoms with Crippen LogP contribution in [-0.4, -0.2) is 47.9 Å². The quantitative estimate of drug-likeness (QED) is 0.171. The number of phenols is 1. The van der Waals surface area contributed by atoms with Crippen LogP contribution in [-0.2, 0) is 14.3 Å². The van der Waals surface area contributed by atoms with Gasteiger partial charge in [-0.05, 0) is 31.2 Å². The van der Waals surface area contributed by atoms with E-state index in [0.717, 1.165) is 10.6 Å². The van der Waals surface area contributed by atoms with Crippen molar-refractivity contribution in [2.24, 2.45) is 0 Å². The molecular weight excluding hydrogens is 262 g/mol. The van der Waals surface area contributed by atoms with Crippen molar-refractivity contribution in [2.75, 3.05) is 25.2 Å². The van der Waals surface area contributed by atoms with Gasteiger partial charge in [0.2, 0.25) is 0 Å². The van der Waals surface area contributed by atoms with Gasteiger partial charge in [0.15, 0.2) is 12.1 Å². The summed E-state index contributed by atoms with van der Waals surface area (Å²) in [6.45, 7) is 1.79. The third-order valence-electron chi connectivity index (χ3n) is 2.49. The number of benzene rings is 1. The largest absolute Gasteiger partial charge is 0.508 e. The monoisotopic (exact) mass is 279 g/mol. The van der Waals surface area contributed by atoms with E-state index in [-0.39, 0.29) is 31.5 Å². The van der Waals surface area contributed by atoms with E-state index in [1.165, 1.54) is 12.1 Å². The molecule has 1 aromatic carbocycles. The van der Waals surface area contributed by atoms with Crippen molar-refractivity contribution in [3.05, 3.63) is 24.3 Å². The molecule has 1 aromatic rings. The molecule has 0 aliphatic carbocycles. The van der Waals surface area contributed by atoms with Crippen LogP contribution in [0, 0.1) is 5.41 Å². The number of rotatable bonds is 7. The van der Waals surface area contributed by atoms with Crippen molar-refractivity contribution < 1.29 is 19.4 Å². The first-order valence-corrected chi connectivity index (χ1v) is 6.03. The number of ether oxygens (including phenoxy) is 1. The molecule has 3 N–H and O–H groups in total. The fourth-order valence-electron chi connectivity index (χ4n) is 1.47. The summed E-state index contributed by atoms with van der Waals surface area (Å²) in [6, 6.07) is 6.39. The Morgan fingerprint density at radius 1 is 1.45 bits per heavy atom. The number of aromatic hydroxyl groups is 1. The molecule has 1 rings (SSSR count). The van der Waals surface area contributed by atoms with Gasteiger partial charge in [0, 0.05) is 12.2 Å². The second-order valence-electron chi connectivity index (χ2n) is 3.86. The van der Waals surface area contributed by atoms with Gasteiger partial charge in [-0.25, -0.2) is 0 Å². The number of carbonyl (C=O) groups excluding carboxylic acids is 2. The van der Waals surface area contributed by atoms with Crippen LogP contribution in [0.25, 0.3) is 0 Å². The molecule has 0 fully saturated rings. The van der Waals surface area contributed by atoms with Gasteiger partial charge < -0.3 is 15.2 Å². The molecule has 0 aliphatic rings. The summed E-state index contributed by atoms with van der Waals surface area (Å²) < 4.78 is 5.13. The number of amidine groups is 1. The summed E-state index contributed by atoms with van der Waals surface area (Å²) >= 11 is 0. The first-order valence-electron chi connectivity index (χ1n) is 6.03. The Hall–Kier alpha value is -2.41. The Labute approximate surface area is 116 Å². The van der Waals surface area contributed by atoms with Crippen LogP contribution >= 0.6 is 0 Å². The molecule has 7 heteroatoms. The lowest BCUT2D eigenvalue weighted by Gasteiger charge is -2.18. The molecule has 7 nitrogen and oxygen atoms in total. The lowest BCUT2D eigenvalue weighted by molar-refractivity contribution is -0.132. The van der Waals surface area contributed by atoms with Crippen molar-refractivity contribution in [2.45, 2.75) is 6.92 Å². The molecule has 108 valence electrons. The molecule has 0 spiro atoms. The van der Waals surface area contributed by atoms with Gasteiger partial charge in [-0.2, -0.15) is 0 Å². The van der Waals surface area contributed by atoms with Crippen molar-refractivity contribution >= 4 is 23.7 Å². The third kappa shape index (κ3) is 4.69. The van der Waals surface area contributed by atoms with Crippen LogP contribution in [0.1, 0.15) is 6.92 Å². The summed E-state index contributed by atoms with van der Waals surface area (Å²) in [7, 11) is 0. The van der Waals surface area contributed by atoms with Gasteiger partial charge in [-0.15, -0.1) is 0 Å². The standard InChI is InChI=1S/C13H17N3O4/c1-2-16(12(14)7-17)13(19)8-20-9-15-10-3-5-11(18)6-4-10/h3-7,14-15,18H,2,8-9H2,1H3. The van der Waals surface area contributed by atoms with E-state index < -0.39 is 5.91 Å². The molecule has 0 heterocycles. The van der Waals surface area contributed by atoms with Gasteiger partial charge in [-0.3, -0.25) is 19.9 Å². The molecule has 0 saturated heterocycles. The predicted octanol–water partition coefficient (Wildman–Crippen LogP) is 0.803. The highest BCUT2D eigenvalue weighted by Gasteiger charge is 2.15.